The number of methoxy groups -OCH3 is 1. The monoisotopic (exact) mass is 1050 g/mol. The van der Waals surface area contributed by atoms with E-state index in [1.807, 2.05) is 51.1 Å². The lowest BCUT2D eigenvalue weighted by Gasteiger charge is -2.17. The zero-order chi connectivity index (χ0) is 55.1. The van der Waals surface area contributed by atoms with Crippen molar-refractivity contribution in [1.29, 1.82) is 0 Å². The van der Waals surface area contributed by atoms with Gasteiger partial charge in [-0.1, -0.05) is 40.2 Å². The fraction of sp³-hybridized carbons (Fsp3) is 0.352. The van der Waals surface area contributed by atoms with Crippen molar-refractivity contribution in [3.8, 4) is 28.6 Å². The number of aryl methyl sites for hydroxylation is 1. The van der Waals surface area contributed by atoms with Crippen LogP contribution < -0.4 is 14.2 Å². The number of rotatable bonds is 30. The minimum absolute atomic E-state index is 0.0625. The van der Waals surface area contributed by atoms with Gasteiger partial charge in [-0.2, -0.15) is 12.6 Å². The standard InChI is InChI=1S/C37H36O12.C14H20O7.C2H6.CH4S/c1-5-34(38)44-20-8-7-19-43-22-29(46-35(39)6-2)23-45-37(41)47-28-15-11-26(12-16-28)36(40)49-31-17-18-32-30(24(31)3)21-33(48-32)25-9-13-27(42-4)14-10-25;1-3-13(16)20-8-6-5-7-18-9-12(10-19-11-15)21-14(17)4-2;2*1-2/h5-6,9-18,21,29H,1-2,7-8,19-20,22-23H2,3-4H3;3-4,11-12H,1-2,5-10H2;1-2H3;2H,1H3. The maximum absolute atomic E-state index is 12.9. The Morgan fingerprint density at radius 2 is 1.11 bits per heavy atom. The molecule has 1 heterocycles. The number of carbonyl (C=O) groups excluding carboxylic acids is 7. The largest absolute Gasteiger partial charge is 0.513 e. The first kappa shape index (κ1) is 64.3. The van der Waals surface area contributed by atoms with E-state index in [9.17, 15) is 33.6 Å². The minimum atomic E-state index is -1.06. The Bertz CT molecular complexity index is 2370. The van der Waals surface area contributed by atoms with Crippen LogP contribution in [-0.4, -0.2) is 121 Å². The zero-order valence-corrected chi connectivity index (χ0v) is 43.3. The molecule has 402 valence electrons. The first-order valence-electron chi connectivity index (χ1n) is 23.1. The van der Waals surface area contributed by atoms with Crippen LogP contribution >= 0.6 is 12.6 Å². The third-order valence-electron chi connectivity index (χ3n) is 9.22. The number of furan rings is 1. The topological polar surface area (TPSA) is 234 Å². The Kier molecular flexibility index (Phi) is 33.8. The second-order valence-corrected chi connectivity index (χ2v) is 14.3. The number of unbranched alkanes of at least 4 members (excludes halogenated alkanes) is 2. The van der Waals surface area contributed by atoms with E-state index in [1.54, 1.807) is 25.5 Å². The molecule has 20 heteroatoms. The van der Waals surface area contributed by atoms with Crippen molar-refractivity contribution in [1.82, 2.24) is 0 Å². The second kappa shape index (κ2) is 38.9. The molecule has 0 saturated carbocycles. The van der Waals surface area contributed by atoms with Crippen LogP contribution in [0.2, 0.25) is 0 Å². The molecule has 19 nitrogen and oxygen atoms in total. The summed E-state index contributed by atoms with van der Waals surface area (Å²) in [4.78, 5) is 80.0. The maximum atomic E-state index is 12.9. The molecule has 0 aliphatic rings. The van der Waals surface area contributed by atoms with Crippen LogP contribution in [0, 0.1) is 6.92 Å². The zero-order valence-electron chi connectivity index (χ0n) is 42.4. The molecular weight excluding hydrogens is 985 g/mol. The first-order chi connectivity index (χ1) is 35.8. The number of thiol groups is 1. The number of hydrogen-bond donors (Lipinski definition) is 1. The summed E-state index contributed by atoms with van der Waals surface area (Å²) >= 11 is 3.53. The number of benzene rings is 3. The third kappa shape index (κ3) is 25.6. The number of ether oxygens (including phenoxy) is 11. The number of carbonyl (C=O) groups is 7. The van der Waals surface area contributed by atoms with E-state index in [2.05, 4.69) is 43.7 Å². The summed E-state index contributed by atoms with van der Waals surface area (Å²) in [5, 5.41) is 0.801. The smallest absolute Gasteiger partial charge is 0.497 e. The summed E-state index contributed by atoms with van der Waals surface area (Å²) in [5.74, 6) is -1.03. The summed E-state index contributed by atoms with van der Waals surface area (Å²) in [5.41, 5.74) is 2.47. The number of esters is 5. The highest BCUT2D eigenvalue weighted by Gasteiger charge is 2.19. The molecule has 0 spiro atoms. The van der Waals surface area contributed by atoms with E-state index in [0.717, 1.165) is 46.6 Å². The molecule has 0 saturated heterocycles. The van der Waals surface area contributed by atoms with E-state index in [-0.39, 0.29) is 64.0 Å². The fourth-order valence-electron chi connectivity index (χ4n) is 5.65. The molecule has 1 aromatic heterocycles. The summed E-state index contributed by atoms with van der Waals surface area (Å²) in [7, 11) is 1.60. The number of fused-ring (bicyclic) bond motifs is 1. The molecule has 0 N–H and O–H groups in total. The van der Waals surface area contributed by atoms with Crippen molar-refractivity contribution >= 4 is 66.1 Å². The molecule has 0 aliphatic heterocycles. The van der Waals surface area contributed by atoms with E-state index in [0.29, 0.717) is 49.4 Å². The molecule has 4 rings (SSSR count). The van der Waals surface area contributed by atoms with Gasteiger partial charge in [-0.05, 0) is 106 Å². The molecule has 0 amide bonds. The van der Waals surface area contributed by atoms with Crippen molar-refractivity contribution < 1.29 is 90.1 Å². The predicted octanol–water partition coefficient (Wildman–Crippen LogP) is 9.13. The van der Waals surface area contributed by atoms with Crippen LogP contribution in [0.3, 0.4) is 0 Å². The van der Waals surface area contributed by atoms with Crippen molar-refractivity contribution in [2.24, 2.45) is 0 Å². The van der Waals surface area contributed by atoms with Crippen LogP contribution in [0.1, 0.15) is 55.5 Å². The van der Waals surface area contributed by atoms with Gasteiger partial charge in [0.15, 0.2) is 12.2 Å². The van der Waals surface area contributed by atoms with E-state index < -0.39 is 48.2 Å². The van der Waals surface area contributed by atoms with Crippen molar-refractivity contribution in [3.63, 3.8) is 0 Å². The molecule has 0 aliphatic carbocycles. The highest BCUT2D eigenvalue weighted by Crippen LogP contribution is 2.34. The van der Waals surface area contributed by atoms with Gasteiger partial charge < -0.3 is 56.5 Å². The molecule has 0 fully saturated rings. The van der Waals surface area contributed by atoms with Crippen LogP contribution in [0.4, 0.5) is 4.79 Å². The Balaban J connectivity index is 0.000000920. The van der Waals surface area contributed by atoms with E-state index >= 15 is 0 Å². The minimum Gasteiger partial charge on any atom is -0.497 e. The highest BCUT2D eigenvalue weighted by molar-refractivity contribution is 7.79. The van der Waals surface area contributed by atoms with Gasteiger partial charge >= 0.3 is 36.0 Å². The van der Waals surface area contributed by atoms with Crippen molar-refractivity contribution in [2.45, 2.75) is 58.7 Å². The Labute approximate surface area is 436 Å². The Hall–Kier alpha value is -7.68. The molecule has 0 bridgehead atoms. The van der Waals surface area contributed by atoms with Crippen LogP contribution in [0.5, 0.6) is 17.2 Å². The Morgan fingerprint density at radius 3 is 1.61 bits per heavy atom. The van der Waals surface area contributed by atoms with Crippen LogP contribution in [-0.2, 0) is 61.9 Å². The van der Waals surface area contributed by atoms with Gasteiger partial charge in [0.1, 0.15) is 41.8 Å². The van der Waals surface area contributed by atoms with E-state index in [1.165, 1.54) is 24.3 Å². The molecule has 3 aromatic carbocycles. The highest BCUT2D eigenvalue weighted by atomic mass is 32.1. The third-order valence-corrected chi connectivity index (χ3v) is 9.22. The summed E-state index contributed by atoms with van der Waals surface area (Å²) in [6, 6.07) is 18.5. The maximum Gasteiger partial charge on any atom is 0.513 e. The van der Waals surface area contributed by atoms with Gasteiger partial charge in [0.25, 0.3) is 6.47 Å². The first-order valence-corrected chi connectivity index (χ1v) is 24.0. The van der Waals surface area contributed by atoms with Gasteiger partial charge in [0, 0.05) is 54.0 Å². The summed E-state index contributed by atoms with van der Waals surface area (Å²) in [6.45, 7) is 20.1. The fourth-order valence-corrected chi connectivity index (χ4v) is 5.65. The van der Waals surface area contributed by atoms with Crippen molar-refractivity contribution in [3.05, 3.63) is 128 Å². The summed E-state index contributed by atoms with van der Waals surface area (Å²) in [6.07, 6.45) is 5.64. The Morgan fingerprint density at radius 1 is 0.608 bits per heavy atom. The lowest BCUT2D eigenvalue weighted by molar-refractivity contribution is -0.153. The molecule has 0 radical (unpaired) electrons. The van der Waals surface area contributed by atoms with Gasteiger partial charge in [-0.3, -0.25) is 4.79 Å². The quantitative estimate of drug-likeness (QED) is 0.00749. The molecule has 4 aromatic rings. The van der Waals surface area contributed by atoms with Gasteiger partial charge in [0.2, 0.25) is 0 Å². The lowest BCUT2D eigenvalue weighted by atomic mass is 10.1. The van der Waals surface area contributed by atoms with Gasteiger partial charge in [-0.15, -0.1) is 0 Å². The lowest BCUT2D eigenvalue weighted by Crippen LogP contribution is -2.30. The SMILES string of the molecule is C=CC(=O)OCCCCOCC(COC(=O)Oc1ccc(C(=O)Oc2ccc3oc(-c4ccc(OC)cc4)cc3c2C)cc1)OC(=O)C=C.C=CC(=O)OCCCCOCC(COC=O)OC(=O)C=C.CC.CS. The van der Waals surface area contributed by atoms with Gasteiger partial charge in [0.05, 0.1) is 39.1 Å². The van der Waals surface area contributed by atoms with Crippen LogP contribution in [0.15, 0.2) is 122 Å². The average molecular weight is 1050 g/mol. The van der Waals surface area contributed by atoms with Crippen LogP contribution in [0.25, 0.3) is 22.3 Å². The molecular formula is C54H66O19S. The van der Waals surface area contributed by atoms with Crippen molar-refractivity contribution in [2.75, 3.05) is 66.2 Å². The normalized spacial score (nSPS) is 10.7. The predicted molar refractivity (Wildman–Crippen MR) is 277 cm³/mol. The number of hydrogen-bond acceptors (Lipinski definition) is 20. The molecule has 74 heavy (non-hydrogen) atoms. The van der Waals surface area contributed by atoms with Gasteiger partial charge in [-0.25, -0.2) is 28.8 Å². The second-order valence-electron chi connectivity index (χ2n) is 14.3. The van der Waals surface area contributed by atoms with E-state index in [4.69, 9.17) is 51.8 Å². The molecule has 2 atom stereocenters. The summed E-state index contributed by atoms with van der Waals surface area (Å²) < 4.78 is 62.3. The average Bonchev–Trinajstić information content (AvgIpc) is 3.88. The molecule has 2 unspecified atom stereocenters.